The molecule has 0 radical (unpaired) electrons. The molecule has 0 bridgehead atoms. The van der Waals surface area contributed by atoms with Gasteiger partial charge >= 0.3 is 0 Å². The molecule has 84 valence electrons. The molecular formula is C15H12OS. The average Bonchev–Trinajstić information content (AvgIpc) is 2.38. The van der Waals surface area contributed by atoms with Gasteiger partial charge < -0.3 is 0 Å². The summed E-state index contributed by atoms with van der Waals surface area (Å²) in [6.07, 6.45) is 3.36. The van der Waals surface area contributed by atoms with Gasteiger partial charge in [-0.1, -0.05) is 48.5 Å². The molecular weight excluding hydrogens is 228 g/mol. The van der Waals surface area contributed by atoms with Gasteiger partial charge in [-0.2, -0.15) is 0 Å². The molecule has 0 spiro atoms. The summed E-state index contributed by atoms with van der Waals surface area (Å²) >= 11 is 4.33. The minimum atomic E-state index is 0.00202. The summed E-state index contributed by atoms with van der Waals surface area (Å²) in [5.41, 5.74) is 1.64. The minimum Gasteiger partial charge on any atom is -0.289 e. The molecule has 0 amide bonds. The lowest BCUT2D eigenvalue weighted by Gasteiger charge is -1.98. The van der Waals surface area contributed by atoms with E-state index in [1.54, 1.807) is 24.3 Å². The third-order valence-corrected chi connectivity index (χ3v) is 2.82. The van der Waals surface area contributed by atoms with Gasteiger partial charge in [-0.3, -0.25) is 4.79 Å². The van der Waals surface area contributed by atoms with Gasteiger partial charge in [0.25, 0.3) is 0 Å². The zero-order valence-electron chi connectivity index (χ0n) is 9.21. The summed E-state index contributed by atoms with van der Waals surface area (Å²) < 4.78 is 0. The van der Waals surface area contributed by atoms with E-state index in [2.05, 4.69) is 12.6 Å². The van der Waals surface area contributed by atoms with Gasteiger partial charge in [-0.25, -0.2) is 0 Å². The number of hydrogen-bond acceptors (Lipinski definition) is 2. The standard InChI is InChI=1S/C15H12OS/c16-14(12-6-2-1-3-7-12)11-10-13-8-4-5-9-15(13)17/h1-11,17H/b11-10+. The van der Waals surface area contributed by atoms with Gasteiger partial charge in [0.15, 0.2) is 5.78 Å². The highest BCUT2D eigenvalue weighted by molar-refractivity contribution is 7.80. The maximum absolute atomic E-state index is 11.8. The van der Waals surface area contributed by atoms with E-state index in [0.717, 1.165) is 10.5 Å². The molecule has 0 N–H and O–H groups in total. The Kier molecular flexibility index (Phi) is 3.78. The Hall–Kier alpha value is -1.80. The Balaban J connectivity index is 2.17. The largest absolute Gasteiger partial charge is 0.289 e. The lowest BCUT2D eigenvalue weighted by atomic mass is 10.1. The fourth-order valence-electron chi connectivity index (χ4n) is 1.49. The highest BCUT2D eigenvalue weighted by Crippen LogP contribution is 2.14. The maximum atomic E-state index is 11.8. The highest BCUT2D eigenvalue weighted by Gasteiger charge is 2.00. The van der Waals surface area contributed by atoms with Crippen LogP contribution >= 0.6 is 12.6 Å². The summed E-state index contributed by atoms with van der Waals surface area (Å²) in [5, 5.41) is 0. The van der Waals surface area contributed by atoms with Crippen LogP contribution in [-0.4, -0.2) is 5.78 Å². The van der Waals surface area contributed by atoms with Crippen LogP contribution in [-0.2, 0) is 0 Å². The average molecular weight is 240 g/mol. The maximum Gasteiger partial charge on any atom is 0.185 e. The van der Waals surface area contributed by atoms with Crippen molar-refractivity contribution >= 4 is 24.5 Å². The predicted molar refractivity (Wildman–Crippen MR) is 73.5 cm³/mol. The fraction of sp³-hybridized carbons (Fsp3) is 0. The van der Waals surface area contributed by atoms with Crippen molar-refractivity contribution < 1.29 is 4.79 Å². The van der Waals surface area contributed by atoms with Gasteiger partial charge in [0.05, 0.1) is 0 Å². The second-order valence-corrected chi connectivity index (χ2v) is 4.10. The molecule has 0 aliphatic heterocycles. The molecule has 0 aliphatic rings. The van der Waals surface area contributed by atoms with Crippen LogP contribution in [0.25, 0.3) is 6.08 Å². The van der Waals surface area contributed by atoms with Gasteiger partial charge in [0.2, 0.25) is 0 Å². The molecule has 0 unspecified atom stereocenters. The van der Waals surface area contributed by atoms with Crippen LogP contribution in [0.3, 0.4) is 0 Å². The molecule has 2 aromatic carbocycles. The molecule has 0 fully saturated rings. The van der Waals surface area contributed by atoms with Crippen molar-refractivity contribution in [3.8, 4) is 0 Å². The SMILES string of the molecule is O=C(/C=C/c1ccccc1S)c1ccccc1. The van der Waals surface area contributed by atoms with Crippen LogP contribution in [0.15, 0.2) is 65.6 Å². The van der Waals surface area contributed by atoms with E-state index >= 15 is 0 Å². The van der Waals surface area contributed by atoms with E-state index in [-0.39, 0.29) is 5.78 Å². The van der Waals surface area contributed by atoms with Crippen molar-refractivity contribution in [2.45, 2.75) is 4.90 Å². The van der Waals surface area contributed by atoms with E-state index in [4.69, 9.17) is 0 Å². The second kappa shape index (κ2) is 5.51. The first-order valence-electron chi connectivity index (χ1n) is 5.33. The van der Waals surface area contributed by atoms with E-state index in [1.807, 2.05) is 42.5 Å². The van der Waals surface area contributed by atoms with Gasteiger partial charge in [-0.05, 0) is 23.8 Å². The number of hydrogen-bond donors (Lipinski definition) is 1. The molecule has 0 aromatic heterocycles. The fourth-order valence-corrected chi connectivity index (χ4v) is 1.73. The highest BCUT2D eigenvalue weighted by atomic mass is 32.1. The molecule has 2 heteroatoms. The monoisotopic (exact) mass is 240 g/mol. The van der Waals surface area contributed by atoms with Gasteiger partial charge in [0.1, 0.15) is 0 Å². The number of carbonyl (C=O) groups excluding carboxylic acids is 1. The van der Waals surface area contributed by atoms with Crippen molar-refractivity contribution in [1.82, 2.24) is 0 Å². The molecule has 2 aromatic rings. The summed E-state index contributed by atoms with van der Waals surface area (Å²) in [5.74, 6) is 0.00202. The van der Waals surface area contributed by atoms with E-state index < -0.39 is 0 Å². The molecule has 1 nitrogen and oxygen atoms in total. The van der Waals surface area contributed by atoms with Crippen LogP contribution in [0.4, 0.5) is 0 Å². The number of rotatable bonds is 3. The van der Waals surface area contributed by atoms with Crippen molar-refractivity contribution in [2.24, 2.45) is 0 Å². The van der Waals surface area contributed by atoms with Crippen molar-refractivity contribution in [1.29, 1.82) is 0 Å². The van der Waals surface area contributed by atoms with Crippen LogP contribution in [0.2, 0.25) is 0 Å². The number of allylic oxidation sites excluding steroid dienone is 1. The quantitative estimate of drug-likeness (QED) is 0.489. The molecule has 17 heavy (non-hydrogen) atoms. The second-order valence-electron chi connectivity index (χ2n) is 3.62. The van der Waals surface area contributed by atoms with Crippen LogP contribution in [0.5, 0.6) is 0 Å². The lowest BCUT2D eigenvalue weighted by molar-refractivity contribution is 0.104. The minimum absolute atomic E-state index is 0.00202. The lowest BCUT2D eigenvalue weighted by Crippen LogP contribution is -1.92. The van der Waals surface area contributed by atoms with Crippen molar-refractivity contribution in [3.63, 3.8) is 0 Å². The molecule has 0 saturated carbocycles. The van der Waals surface area contributed by atoms with Crippen LogP contribution < -0.4 is 0 Å². The predicted octanol–water partition coefficient (Wildman–Crippen LogP) is 3.87. The van der Waals surface area contributed by atoms with Crippen molar-refractivity contribution in [2.75, 3.05) is 0 Å². The Morgan fingerprint density at radius 3 is 2.29 bits per heavy atom. The van der Waals surface area contributed by atoms with Crippen LogP contribution in [0, 0.1) is 0 Å². The summed E-state index contributed by atoms with van der Waals surface area (Å²) in [6.45, 7) is 0. The third-order valence-electron chi connectivity index (χ3n) is 2.41. The number of thiol groups is 1. The van der Waals surface area contributed by atoms with Gasteiger partial charge in [-0.15, -0.1) is 12.6 Å². The summed E-state index contributed by atoms with van der Waals surface area (Å²) in [7, 11) is 0. The Bertz CT molecular complexity index is 544. The van der Waals surface area contributed by atoms with E-state index in [1.165, 1.54) is 0 Å². The molecule has 0 heterocycles. The first-order valence-corrected chi connectivity index (χ1v) is 5.77. The Morgan fingerprint density at radius 2 is 1.59 bits per heavy atom. The zero-order valence-corrected chi connectivity index (χ0v) is 10.1. The van der Waals surface area contributed by atoms with Gasteiger partial charge in [0, 0.05) is 10.5 Å². The smallest absolute Gasteiger partial charge is 0.185 e. The number of carbonyl (C=O) groups is 1. The van der Waals surface area contributed by atoms with Crippen molar-refractivity contribution in [3.05, 3.63) is 71.8 Å². The summed E-state index contributed by atoms with van der Waals surface area (Å²) in [4.78, 5) is 12.7. The molecule has 2 rings (SSSR count). The van der Waals surface area contributed by atoms with E-state index in [9.17, 15) is 4.79 Å². The topological polar surface area (TPSA) is 17.1 Å². The molecule has 0 aliphatic carbocycles. The first kappa shape index (κ1) is 11.7. The van der Waals surface area contributed by atoms with E-state index in [0.29, 0.717) is 5.56 Å². The van der Waals surface area contributed by atoms with Crippen LogP contribution in [0.1, 0.15) is 15.9 Å². The molecule has 0 atom stereocenters. The normalized spacial score (nSPS) is 10.6. The number of ketones is 1. The Morgan fingerprint density at radius 1 is 0.941 bits per heavy atom. The third kappa shape index (κ3) is 3.08. The summed E-state index contributed by atoms with van der Waals surface area (Å²) in [6, 6.07) is 16.9. The zero-order chi connectivity index (χ0) is 12.1. The number of benzene rings is 2. The Labute approximate surface area is 106 Å². The molecule has 0 saturated heterocycles. The first-order chi connectivity index (χ1) is 8.27.